The lowest BCUT2D eigenvalue weighted by Gasteiger charge is -2.23. The van der Waals surface area contributed by atoms with Crippen molar-refractivity contribution >= 4 is 34.1 Å². The largest absolute Gasteiger partial charge is 0.404 e. The molecule has 1 aliphatic heterocycles. The average Bonchev–Trinajstić information content (AvgIpc) is 3.01. The minimum atomic E-state index is -3.66. The summed E-state index contributed by atoms with van der Waals surface area (Å²) >= 11 is 0. The maximum absolute atomic E-state index is 13.8. The summed E-state index contributed by atoms with van der Waals surface area (Å²) < 4.78 is 47.2. The fraction of sp³-hybridized carbons (Fsp3) is 0.316. The third-order valence-electron chi connectivity index (χ3n) is 4.50. The molecule has 0 aliphatic carbocycles. The topological polar surface area (TPSA) is 90.0 Å². The van der Waals surface area contributed by atoms with Gasteiger partial charge in [0.05, 0.1) is 23.0 Å². The Labute approximate surface area is 164 Å². The molecule has 0 amide bonds. The highest BCUT2D eigenvalue weighted by Gasteiger charge is 2.41. The van der Waals surface area contributed by atoms with Crippen LogP contribution in [0.3, 0.4) is 0 Å². The van der Waals surface area contributed by atoms with Gasteiger partial charge in [-0.25, -0.2) is 0 Å². The average molecular weight is 423 g/mol. The van der Waals surface area contributed by atoms with Crippen molar-refractivity contribution in [1.82, 2.24) is 4.90 Å². The zero-order valence-corrected chi connectivity index (χ0v) is 17.3. The van der Waals surface area contributed by atoms with Crippen LogP contribution in [0.25, 0.3) is 0 Å². The molecule has 1 aliphatic rings. The van der Waals surface area contributed by atoms with E-state index in [2.05, 4.69) is 0 Å². The quantitative estimate of drug-likeness (QED) is 0.514. The molecule has 1 fully saturated rings. The minimum absolute atomic E-state index is 0.145. The van der Waals surface area contributed by atoms with E-state index >= 15 is 0 Å². The molecule has 0 radical (unpaired) electrons. The molecule has 2 aromatic carbocycles. The van der Waals surface area contributed by atoms with E-state index in [1.807, 2.05) is 0 Å². The summed E-state index contributed by atoms with van der Waals surface area (Å²) in [5, 5.41) is 0.832. The van der Waals surface area contributed by atoms with Gasteiger partial charge in [-0.15, -0.1) is 0 Å². The van der Waals surface area contributed by atoms with Gasteiger partial charge in [-0.05, 0) is 31.3 Å². The zero-order valence-electron chi connectivity index (χ0n) is 15.6. The van der Waals surface area contributed by atoms with Crippen molar-refractivity contribution in [1.29, 1.82) is 0 Å². The van der Waals surface area contributed by atoms with E-state index in [1.165, 1.54) is 0 Å². The van der Waals surface area contributed by atoms with Crippen LogP contribution in [-0.4, -0.2) is 51.3 Å². The van der Waals surface area contributed by atoms with Crippen LogP contribution in [0.4, 0.5) is 0 Å². The Kier molecular flexibility index (Phi) is 6.05. The van der Waals surface area contributed by atoms with E-state index in [1.54, 1.807) is 72.6 Å². The van der Waals surface area contributed by atoms with Crippen LogP contribution in [0.2, 0.25) is 0 Å². The smallest absolute Gasteiger partial charge is 0.328 e. The summed E-state index contributed by atoms with van der Waals surface area (Å²) in [6.45, 7) is 0.258. The van der Waals surface area contributed by atoms with Gasteiger partial charge in [-0.1, -0.05) is 36.4 Å². The van der Waals surface area contributed by atoms with E-state index in [0.717, 1.165) is 6.26 Å². The van der Waals surface area contributed by atoms with Gasteiger partial charge in [0, 0.05) is 13.0 Å². The third-order valence-corrected chi connectivity index (χ3v) is 7.52. The van der Waals surface area contributed by atoms with Crippen molar-refractivity contribution in [2.24, 2.45) is 0 Å². The molecule has 28 heavy (non-hydrogen) atoms. The van der Waals surface area contributed by atoms with E-state index < -0.39 is 35.6 Å². The summed E-state index contributed by atoms with van der Waals surface area (Å²) in [5.41, 5.74) is 0. The molecule has 7 nitrogen and oxygen atoms in total. The van der Waals surface area contributed by atoms with Crippen LogP contribution in [0.15, 0.2) is 60.7 Å². The molecule has 150 valence electrons. The Bertz CT molecular complexity index is 936. The fourth-order valence-corrected chi connectivity index (χ4v) is 5.88. The highest BCUT2D eigenvalue weighted by atomic mass is 32.2. The van der Waals surface area contributed by atoms with Crippen molar-refractivity contribution in [3.63, 3.8) is 0 Å². The summed E-state index contributed by atoms with van der Waals surface area (Å²) in [6, 6.07) is 16.4. The summed E-state index contributed by atoms with van der Waals surface area (Å²) in [4.78, 5) is 14.5. The number of carbonyl (C=O) groups excluding carboxylic acids is 1. The van der Waals surface area contributed by atoms with Gasteiger partial charge < -0.3 is 4.52 Å². The first-order valence-corrected chi connectivity index (χ1v) is 12.2. The molecule has 1 saturated heterocycles. The Morgan fingerprint density at radius 2 is 1.54 bits per heavy atom. The van der Waals surface area contributed by atoms with E-state index in [9.17, 15) is 17.8 Å². The normalized spacial score (nSPS) is 20.8. The van der Waals surface area contributed by atoms with Gasteiger partial charge in [0.2, 0.25) is 0 Å². The van der Waals surface area contributed by atoms with Crippen molar-refractivity contribution in [3.05, 3.63) is 60.7 Å². The van der Waals surface area contributed by atoms with Crippen molar-refractivity contribution < 1.29 is 26.5 Å². The summed E-state index contributed by atoms with van der Waals surface area (Å²) in [6.07, 6.45) is 0.467. The predicted molar refractivity (Wildman–Crippen MR) is 107 cm³/mol. The molecule has 0 aromatic heterocycles. The molecular weight excluding hydrogens is 401 g/mol. The Balaban J connectivity index is 1.86. The number of nitrogens with zero attached hydrogens (tertiary/aromatic N) is 1. The minimum Gasteiger partial charge on any atom is -0.404 e. The van der Waals surface area contributed by atoms with Crippen LogP contribution in [0, 0.1) is 0 Å². The maximum atomic E-state index is 13.8. The van der Waals surface area contributed by atoms with Crippen molar-refractivity contribution in [2.45, 2.75) is 18.6 Å². The Morgan fingerprint density at radius 1 is 1.04 bits per heavy atom. The second-order valence-electron chi connectivity index (χ2n) is 6.75. The number of likely N-dealkylation sites (N-methyl/N-ethyl adjacent to an activating group) is 1. The molecule has 2 unspecified atom stereocenters. The molecule has 0 spiro atoms. The Morgan fingerprint density at radius 3 is 2.00 bits per heavy atom. The molecule has 2 aromatic rings. The van der Waals surface area contributed by atoms with Gasteiger partial charge in [-0.3, -0.25) is 18.4 Å². The number of rotatable bonds is 6. The molecule has 0 saturated carbocycles. The molecule has 3 rings (SSSR count). The molecule has 9 heteroatoms. The summed E-state index contributed by atoms with van der Waals surface area (Å²) in [7, 11) is -5.62. The van der Waals surface area contributed by atoms with Crippen LogP contribution >= 0.6 is 7.37 Å². The summed E-state index contributed by atoms with van der Waals surface area (Å²) in [5.74, 6) is -0.668. The van der Waals surface area contributed by atoms with E-state index in [4.69, 9.17) is 8.71 Å². The highest BCUT2D eigenvalue weighted by molar-refractivity contribution is 7.86. The molecule has 2 atom stereocenters. The molecule has 1 heterocycles. The first-order chi connectivity index (χ1) is 13.2. The van der Waals surface area contributed by atoms with Crippen LogP contribution in [0.5, 0.6) is 0 Å². The highest BCUT2D eigenvalue weighted by Crippen LogP contribution is 2.45. The van der Waals surface area contributed by atoms with Crippen LogP contribution in [0.1, 0.15) is 6.42 Å². The number of benzene rings is 2. The van der Waals surface area contributed by atoms with Gasteiger partial charge in [0.25, 0.3) is 10.1 Å². The van der Waals surface area contributed by atoms with Gasteiger partial charge in [0.15, 0.2) is 0 Å². The molecule has 0 N–H and O–H groups in total. The van der Waals surface area contributed by atoms with Crippen LogP contribution in [-0.2, 0) is 28.2 Å². The second-order valence-corrected chi connectivity index (χ2v) is 10.7. The SMILES string of the molecule is CN1CC(OS(C)(=O)=O)CC1C(=O)OP(=O)(c1ccccc1)c1ccccc1. The predicted octanol–water partition coefficient (Wildman–Crippen LogP) is 1.51. The number of carbonyl (C=O) groups is 1. The lowest BCUT2D eigenvalue weighted by molar-refractivity contribution is -0.138. The first-order valence-electron chi connectivity index (χ1n) is 8.72. The maximum Gasteiger partial charge on any atom is 0.328 e. The van der Waals surface area contributed by atoms with Gasteiger partial charge in [0.1, 0.15) is 6.04 Å². The molecule has 0 bridgehead atoms. The number of likely N-dealkylation sites (tertiary alicyclic amines) is 1. The van der Waals surface area contributed by atoms with Gasteiger partial charge in [-0.2, -0.15) is 8.42 Å². The van der Waals surface area contributed by atoms with Gasteiger partial charge >= 0.3 is 13.3 Å². The van der Waals surface area contributed by atoms with E-state index in [-0.39, 0.29) is 13.0 Å². The van der Waals surface area contributed by atoms with Crippen molar-refractivity contribution in [2.75, 3.05) is 19.8 Å². The fourth-order valence-electron chi connectivity index (χ4n) is 3.24. The lowest BCUT2D eigenvalue weighted by atomic mass is 10.2. The Hall–Kier alpha value is -1.99. The number of hydrogen-bond donors (Lipinski definition) is 0. The monoisotopic (exact) mass is 423 g/mol. The number of hydrogen-bond acceptors (Lipinski definition) is 7. The van der Waals surface area contributed by atoms with E-state index in [0.29, 0.717) is 10.6 Å². The first kappa shape index (κ1) is 20.7. The lowest BCUT2D eigenvalue weighted by Crippen LogP contribution is -2.35. The standard InChI is InChI=1S/C19H22NO6PS/c1-20-14-15(26-28(2,23)24)13-18(20)19(21)25-27(22,16-9-5-3-6-10-16)17-11-7-4-8-12-17/h3-12,15,18H,13-14H2,1-2H3. The van der Waals surface area contributed by atoms with Crippen molar-refractivity contribution in [3.8, 4) is 0 Å². The third kappa shape index (κ3) is 4.70. The zero-order chi connectivity index (χ0) is 20.4. The van der Waals surface area contributed by atoms with Crippen LogP contribution < -0.4 is 10.6 Å². The molecular formula is C19H22NO6PS. The second kappa shape index (κ2) is 8.17.